The summed E-state index contributed by atoms with van der Waals surface area (Å²) < 4.78 is 16.9. The lowest BCUT2D eigenvalue weighted by Gasteiger charge is -2.18. The van der Waals surface area contributed by atoms with Gasteiger partial charge >= 0.3 is 17.9 Å². The highest BCUT2D eigenvalue weighted by Crippen LogP contribution is 2.15. The fourth-order valence-electron chi connectivity index (χ4n) is 8.69. The third kappa shape index (κ3) is 59.3. The van der Waals surface area contributed by atoms with E-state index in [-0.39, 0.29) is 31.1 Å². The number of allylic oxidation sites excluding steroid dienone is 14. The first kappa shape index (κ1) is 69.6. The molecule has 0 saturated carbocycles. The van der Waals surface area contributed by atoms with Crippen LogP contribution in [-0.2, 0) is 28.6 Å². The summed E-state index contributed by atoms with van der Waals surface area (Å²) in [4.78, 5) is 38.2. The summed E-state index contributed by atoms with van der Waals surface area (Å²) in [6.45, 7) is 6.50. The molecule has 0 aliphatic carbocycles. The van der Waals surface area contributed by atoms with E-state index in [2.05, 4.69) is 106 Å². The second kappa shape index (κ2) is 61.1. The highest BCUT2D eigenvalue weighted by atomic mass is 16.6. The van der Waals surface area contributed by atoms with Crippen molar-refractivity contribution in [2.45, 2.75) is 309 Å². The molecule has 0 aromatic heterocycles. The highest BCUT2D eigenvalue weighted by molar-refractivity contribution is 5.71. The Morgan fingerprint density at radius 3 is 0.863 bits per heavy atom. The molecule has 0 saturated heterocycles. The smallest absolute Gasteiger partial charge is 0.306 e. The predicted octanol–water partition coefficient (Wildman–Crippen LogP) is 21.1. The van der Waals surface area contributed by atoms with Crippen LogP contribution in [0.15, 0.2) is 85.1 Å². The van der Waals surface area contributed by atoms with Gasteiger partial charge < -0.3 is 14.2 Å². The Labute approximate surface area is 452 Å². The average Bonchev–Trinajstić information content (AvgIpc) is 3.39. The van der Waals surface area contributed by atoms with Crippen molar-refractivity contribution in [2.75, 3.05) is 13.2 Å². The van der Waals surface area contributed by atoms with E-state index >= 15 is 0 Å². The van der Waals surface area contributed by atoms with Gasteiger partial charge in [0.2, 0.25) is 0 Å². The second-order valence-corrected chi connectivity index (χ2v) is 20.6. The first-order valence-electron chi connectivity index (χ1n) is 31.1. The van der Waals surface area contributed by atoms with Gasteiger partial charge in [0.05, 0.1) is 0 Å². The van der Waals surface area contributed by atoms with E-state index in [1.807, 2.05) is 0 Å². The van der Waals surface area contributed by atoms with Crippen molar-refractivity contribution in [3.63, 3.8) is 0 Å². The van der Waals surface area contributed by atoms with E-state index in [4.69, 9.17) is 14.2 Å². The van der Waals surface area contributed by atoms with E-state index in [9.17, 15) is 14.4 Å². The first-order valence-corrected chi connectivity index (χ1v) is 31.1. The lowest BCUT2D eigenvalue weighted by atomic mass is 10.1. The zero-order chi connectivity index (χ0) is 52.9. The van der Waals surface area contributed by atoms with Crippen LogP contribution in [0.3, 0.4) is 0 Å². The van der Waals surface area contributed by atoms with Crippen LogP contribution in [0.2, 0.25) is 0 Å². The maximum absolute atomic E-state index is 12.9. The fourth-order valence-corrected chi connectivity index (χ4v) is 8.69. The van der Waals surface area contributed by atoms with Crippen molar-refractivity contribution in [1.29, 1.82) is 0 Å². The number of unbranched alkanes of at least 4 members (excludes halogenated alkanes) is 31. The molecule has 0 amide bonds. The first-order chi connectivity index (χ1) is 36.0. The van der Waals surface area contributed by atoms with E-state index < -0.39 is 6.10 Å². The Morgan fingerprint density at radius 1 is 0.288 bits per heavy atom. The van der Waals surface area contributed by atoms with E-state index in [0.29, 0.717) is 19.3 Å². The molecule has 73 heavy (non-hydrogen) atoms. The van der Waals surface area contributed by atoms with Gasteiger partial charge in [0, 0.05) is 19.3 Å². The quantitative estimate of drug-likeness (QED) is 0.0261. The summed E-state index contributed by atoms with van der Waals surface area (Å²) in [7, 11) is 0. The van der Waals surface area contributed by atoms with Gasteiger partial charge in [-0.25, -0.2) is 0 Å². The van der Waals surface area contributed by atoms with Gasteiger partial charge in [-0.1, -0.05) is 254 Å². The predicted molar refractivity (Wildman–Crippen MR) is 316 cm³/mol. The lowest BCUT2D eigenvalue weighted by Crippen LogP contribution is -2.30. The molecule has 0 aliphatic heterocycles. The van der Waals surface area contributed by atoms with Crippen LogP contribution < -0.4 is 0 Å². The monoisotopic (exact) mass is 1020 g/mol. The van der Waals surface area contributed by atoms with Crippen molar-refractivity contribution >= 4 is 17.9 Å². The molecule has 0 fully saturated rings. The van der Waals surface area contributed by atoms with E-state index in [1.165, 1.54) is 167 Å². The normalized spacial score (nSPS) is 12.6. The highest BCUT2D eigenvalue weighted by Gasteiger charge is 2.19. The molecule has 0 aromatic carbocycles. The maximum atomic E-state index is 12.9. The molecule has 6 nitrogen and oxygen atoms in total. The fraction of sp³-hybridized carbons (Fsp3) is 0.746. The summed E-state index contributed by atoms with van der Waals surface area (Å²) in [6.07, 6.45) is 80.2. The Kier molecular flexibility index (Phi) is 58.3. The summed E-state index contributed by atoms with van der Waals surface area (Å²) in [6, 6.07) is 0. The molecule has 6 heteroatoms. The third-order valence-corrected chi connectivity index (χ3v) is 13.4. The van der Waals surface area contributed by atoms with Gasteiger partial charge in [-0.15, -0.1) is 0 Å². The topological polar surface area (TPSA) is 78.9 Å². The number of rotatable bonds is 56. The standard InChI is InChI=1S/C67H116O6/c1-4-7-10-13-16-19-22-25-27-29-30-31-32-33-34-35-36-38-39-42-45-48-51-54-57-60-66(69)72-63-64(62-71-65(68)59-56-53-50-47-44-41-24-21-18-15-12-9-6-3)73-67(70)61-58-55-52-49-46-43-40-37-28-26-23-20-17-14-11-8-5-2/h9,12,18,21-22,25-26,28-30,32-33,41,44,64H,4-8,10-11,13-17,19-20,23-24,27,31,34-40,42-43,45-63H2,1-3H3/b12-9-,21-18-,25-22-,28-26-,30-29-,33-32-,44-41-. The van der Waals surface area contributed by atoms with E-state index in [1.54, 1.807) is 0 Å². The summed E-state index contributed by atoms with van der Waals surface area (Å²) in [5, 5.41) is 0. The van der Waals surface area contributed by atoms with Gasteiger partial charge in [0.15, 0.2) is 6.10 Å². The summed E-state index contributed by atoms with van der Waals surface area (Å²) in [5.74, 6) is -0.919. The van der Waals surface area contributed by atoms with Crippen LogP contribution in [0.25, 0.3) is 0 Å². The third-order valence-electron chi connectivity index (χ3n) is 13.4. The van der Waals surface area contributed by atoms with Gasteiger partial charge in [0.25, 0.3) is 0 Å². The molecule has 0 bridgehead atoms. The molecule has 1 atom stereocenters. The Hall–Kier alpha value is -3.41. The molecule has 0 rings (SSSR count). The second-order valence-electron chi connectivity index (χ2n) is 20.6. The molecule has 0 N–H and O–H groups in total. The molecule has 0 heterocycles. The van der Waals surface area contributed by atoms with Gasteiger partial charge in [-0.3, -0.25) is 14.4 Å². The molecule has 0 aromatic rings. The summed E-state index contributed by atoms with van der Waals surface area (Å²) >= 11 is 0. The lowest BCUT2D eigenvalue weighted by molar-refractivity contribution is -0.167. The van der Waals surface area contributed by atoms with Crippen molar-refractivity contribution in [1.82, 2.24) is 0 Å². The minimum absolute atomic E-state index is 0.0892. The van der Waals surface area contributed by atoms with Crippen LogP contribution >= 0.6 is 0 Å². The zero-order valence-corrected chi connectivity index (χ0v) is 48.1. The Balaban J connectivity index is 4.33. The van der Waals surface area contributed by atoms with Crippen LogP contribution in [0.1, 0.15) is 303 Å². The van der Waals surface area contributed by atoms with Crippen LogP contribution in [0.5, 0.6) is 0 Å². The largest absolute Gasteiger partial charge is 0.462 e. The maximum Gasteiger partial charge on any atom is 0.306 e. The van der Waals surface area contributed by atoms with Crippen LogP contribution in [0.4, 0.5) is 0 Å². The summed E-state index contributed by atoms with van der Waals surface area (Å²) in [5.41, 5.74) is 0. The molecule has 0 spiro atoms. The molecule has 1 unspecified atom stereocenters. The van der Waals surface area contributed by atoms with Gasteiger partial charge in [-0.2, -0.15) is 0 Å². The molecular weight excluding hydrogens is 901 g/mol. The number of esters is 3. The van der Waals surface area contributed by atoms with Gasteiger partial charge in [-0.05, 0) is 116 Å². The number of hydrogen-bond donors (Lipinski definition) is 0. The molecular formula is C67H116O6. The SMILES string of the molecule is CC/C=C\C/C=C\C/C=C\CCCCCC(=O)OCC(COC(=O)CCCCCCCCCCCC/C=C\C/C=C\C/C=C\CCCCCCC)OC(=O)CCCCCCCCC/C=C\CCCCCCCC. The van der Waals surface area contributed by atoms with Crippen LogP contribution in [-0.4, -0.2) is 37.2 Å². The van der Waals surface area contributed by atoms with Crippen molar-refractivity contribution in [2.24, 2.45) is 0 Å². The molecule has 0 aliphatic rings. The number of carbonyl (C=O) groups excluding carboxylic acids is 3. The van der Waals surface area contributed by atoms with Crippen molar-refractivity contribution in [3.8, 4) is 0 Å². The van der Waals surface area contributed by atoms with Crippen molar-refractivity contribution < 1.29 is 28.6 Å². The number of carbonyl (C=O) groups is 3. The molecule has 420 valence electrons. The van der Waals surface area contributed by atoms with E-state index in [0.717, 1.165) is 96.3 Å². The number of hydrogen-bond acceptors (Lipinski definition) is 6. The number of ether oxygens (including phenoxy) is 3. The van der Waals surface area contributed by atoms with Gasteiger partial charge in [0.1, 0.15) is 13.2 Å². The average molecular weight is 1020 g/mol. The minimum atomic E-state index is -0.793. The Morgan fingerprint density at radius 2 is 0.534 bits per heavy atom. The van der Waals surface area contributed by atoms with Crippen molar-refractivity contribution in [3.05, 3.63) is 85.1 Å². The molecule has 0 radical (unpaired) electrons. The van der Waals surface area contributed by atoms with Crippen LogP contribution in [0, 0.1) is 0 Å². The zero-order valence-electron chi connectivity index (χ0n) is 48.1. The Bertz CT molecular complexity index is 1400. The minimum Gasteiger partial charge on any atom is -0.462 e.